The Morgan fingerprint density at radius 2 is 2.04 bits per heavy atom. The van der Waals surface area contributed by atoms with Gasteiger partial charge < -0.3 is 15.2 Å². The standard InChI is InChI=1S/C18H19BrN2O3/c1-3-5-14-16(18(22)23-4-2)15(13(10-20)17(21)24-14)11-6-8-12(19)9-7-11/h6-9,15H,3-5,21H2,1-2H3/t15-/m0/s1. The van der Waals surface area contributed by atoms with Crippen LogP contribution in [0.15, 0.2) is 51.5 Å². The van der Waals surface area contributed by atoms with Crippen LogP contribution in [0.5, 0.6) is 0 Å². The molecule has 1 atom stereocenters. The van der Waals surface area contributed by atoms with Crippen LogP contribution >= 0.6 is 15.9 Å². The number of nitrogens with two attached hydrogens (primary N) is 1. The fourth-order valence-electron chi connectivity index (χ4n) is 2.65. The molecule has 1 heterocycles. The van der Waals surface area contributed by atoms with Crippen LogP contribution in [0.25, 0.3) is 0 Å². The first-order valence-corrected chi connectivity index (χ1v) is 8.55. The molecule has 126 valence electrons. The van der Waals surface area contributed by atoms with Crippen LogP contribution in [0.4, 0.5) is 0 Å². The largest absolute Gasteiger partial charge is 0.463 e. The maximum atomic E-state index is 12.6. The molecule has 6 heteroatoms. The summed E-state index contributed by atoms with van der Waals surface area (Å²) in [5.41, 5.74) is 7.31. The Labute approximate surface area is 149 Å². The monoisotopic (exact) mass is 390 g/mol. The molecule has 0 radical (unpaired) electrons. The number of nitriles is 1. The number of halogens is 1. The Kier molecular flexibility index (Phi) is 6.04. The van der Waals surface area contributed by atoms with E-state index in [1.54, 1.807) is 6.92 Å². The zero-order chi connectivity index (χ0) is 17.7. The van der Waals surface area contributed by atoms with Gasteiger partial charge in [0.25, 0.3) is 0 Å². The lowest BCUT2D eigenvalue weighted by atomic mass is 9.82. The molecule has 0 saturated heterocycles. The third-order valence-electron chi connectivity index (χ3n) is 3.67. The minimum Gasteiger partial charge on any atom is -0.463 e. The molecule has 0 aliphatic carbocycles. The van der Waals surface area contributed by atoms with Gasteiger partial charge in [-0.2, -0.15) is 5.26 Å². The number of hydrogen-bond acceptors (Lipinski definition) is 5. The number of carbonyl (C=O) groups is 1. The van der Waals surface area contributed by atoms with Gasteiger partial charge in [0.1, 0.15) is 17.4 Å². The van der Waals surface area contributed by atoms with Crippen LogP contribution in [0, 0.1) is 11.3 Å². The minimum absolute atomic E-state index is 0.0434. The summed E-state index contributed by atoms with van der Waals surface area (Å²) >= 11 is 3.39. The molecule has 2 N–H and O–H groups in total. The minimum atomic E-state index is -0.586. The second kappa shape index (κ2) is 8.02. The highest BCUT2D eigenvalue weighted by Crippen LogP contribution is 2.41. The highest BCUT2D eigenvalue weighted by Gasteiger charge is 2.37. The molecule has 5 nitrogen and oxygen atoms in total. The molecule has 1 aromatic rings. The number of hydrogen-bond donors (Lipinski definition) is 1. The number of nitrogens with zero attached hydrogens (tertiary/aromatic N) is 1. The molecule has 0 amide bonds. The Morgan fingerprint density at radius 3 is 2.58 bits per heavy atom. The number of rotatable bonds is 5. The third kappa shape index (κ3) is 3.62. The van der Waals surface area contributed by atoms with Crippen molar-refractivity contribution in [1.29, 1.82) is 5.26 Å². The number of allylic oxidation sites excluding steroid dienone is 2. The van der Waals surface area contributed by atoms with Gasteiger partial charge in [0.2, 0.25) is 5.88 Å². The van der Waals surface area contributed by atoms with Crippen LogP contribution in [0.2, 0.25) is 0 Å². The molecule has 0 spiro atoms. The van der Waals surface area contributed by atoms with Gasteiger partial charge in [-0.3, -0.25) is 0 Å². The lowest BCUT2D eigenvalue weighted by molar-refractivity contribution is -0.139. The topological polar surface area (TPSA) is 85.3 Å². The summed E-state index contributed by atoms with van der Waals surface area (Å²) in [5.74, 6) is -0.547. The van der Waals surface area contributed by atoms with Crippen molar-refractivity contribution in [1.82, 2.24) is 0 Å². The maximum absolute atomic E-state index is 12.6. The summed E-state index contributed by atoms with van der Waals surface area (Å²) in [6.07, 6.45) is 1.32. The maximum Gasteiger partial charge on any atom is 0.338 e. The SMILES string of the molecule is CCCC1=C(C(=O)OCC)[C@@H](c2ccc(Br)cc2)C(C#N)=C(N)O1. The summed E-state index contributed by atoms with van der Waals surface area (Å²) < 4.78 is 11.7. The van der Waals surface area contributed by atoms with Crippen molar-refractivity contribution in [3.8, 4) is 6.07 Å². The first-order chi connectivity index (χ1) is 11.5. The fourth-order valence-corrected chi connectivity index (χ4v) is 2.92. The van der Waals surface area contributed by atoms with Crippen molar-refractivity contribution in [3.63, 3.8) is 0 Å². The summed E-state index contributed by atoms with van der Waals surface area (Å²) in [5, 5.41) is 9.54. The fraction of sp³-hybridized carbons (Fsp3) is 0.333. The Balaban J connectivity index is 2.63. The van der Waals surface area contributed by atoms with E-state index < -0.39 is 11.9 Å². The van der Waals surface area contributed by atoms with E-state index in [2.05, 4.69) is 22.0 Å². The molecule has 2 rings (SSSR count). The average Bonchev–Trinajstić information content (AvgIpc) is 2.55. The summed E-state index contributed by atoms with van der Waals surface area (Å²) in [6, 6.07) is 9.51. The van der Waals surface area contributed by atoms with Crippen molar-refractivity contribution >= 4 is 21.9 Å². The molecule has 1 aromatic carbocycles. The second-order valence-corrected chi connectivity index (χ2v) is 6.20. The van der Waals surface area contributed by atoms with Crippen LogP contribution < -0.4 is 5.73 Å². The normalized spacial score (nSPS) is 17.3. The highest BCUT2D eigenvalue weighted by molar-refractivity contribution is 9.10. The van der Waals surface area contributed by atoms with Gasteiger partial charge >= 0.3 is 5.97 Å². The van der Waals surface area contributed by atoms with Crippen molar-refractivity contribution in [3.05, 3.63) is 57.1 Å². The van der Waals surface area contributed by atoms with E-state index in [1.807, 2.05) is 31.2 Å². The zero-order valence-corrected chi connectivity index (χ0v) is 15.2. The molecule has 1 aliphatic heterocycles. The van der Waals surface area contributed by atoms with Gasteiger partial charge in [-0.05, 0) is 31.0 Å². The highest BCUT2D eigenvalue weighted by atomic mass is 79.9. The summed E-state index contributed by atoms with van der Waals surface area (Å²) in [7, 11) is 0. The number of carbonyl (C=O) groups excluding carboxylic acids is 1. The first-order valence-electron chi connectivity index (χ1n) is 7.76. The lowest BCUT2D eigenvalue weighted by Gasteiger charge is -2.28. The molecule has 24 heavy (non-hydrogen) atoms. The van der Waals surface area contributed by atoms with Gasteiger partial charge in [0, 0.05) is 10.9 Å². The van der Waals surface area contributed by atoms with Gasteiger partial charge in [-0.1, -0.05) is 35.0 Å². The molecule has 0 aromatic heterocycles. The van der Waals surface area contributed by atoms with Crippen molar-refractivity contribution in [2.45, 2.75) is 32.6 Å². The van der Waals surface area contributed by atoms with Crippen LogP contribution in [0.3, 0.4) is 0 Å². The summed E-state index contributed by atoms with van der Waals surface area (Å²) in [4.78, 5) is 12.6. The van der Waals surface area contributed by atoms with E-state index in [0.717, 1.165) is 16.5 Å². The van der Waals surface area contributed by atoms with Crippen molar-refractivity contribution < 1.29 is 14.3 Å². The molecular weight excluding hydrogens is 372 g/mol. The van der Waals surface area contributed by atoms with E-state index in [1.165, 1.54) is 0 Å². The zero-order valence-electron chi connectivity index (χ0n) is 13.6. The van der Waals surface area contributed by atoms with Gasteiger partial charge in [0.15, 0.2) is 0 Å². The van der Waals surface area contributed by atoms with Gasteiger partial charge in [0.05, 0.1) is 18.1 Å². The molecular formula is C18H19BrN2O3. The molecule has 0 unspecified atom stereocenters. The average molecular weight is 391 g/mol. The quantitative estimate of drug-likeness (QED) is 0.770. The van der Waals surface area contributed by atoms with E-state index in [-0.39, 0.29) is 18.1 Å². The van der Waals surface area contributed by atoms with Gasteiger partial charge in [-0.25, -0.2) is 4.79 Å². The first kappa shape index (κ1) is 18.1. The Morgan fingerprint density at radius 1 is 1.38 bits per heavy atom. The van der Waals surface area contributed by atoms with Crippen LogP contribution in [0.1, 0.15) is 38.2 Å². The van der Waals surface area contributed by atoms with Gasteiger partial charge in [-0.15, -0.1) is 0 Å². The van der Waals surface area contributed by atoms with E-state index >= 15 is 0 Å². The van der Waals surface area contributed by atoms with Crippen LogP contribution in [-0.2, 0) is 14.3 Å². The molecule has 1 aliphatic rings. The molecule has 0 saturated carbocycles. The van der Waals surface area contributed by atoms with E-state index in [4.69, 9.17) is 15.2 Å². The molecule has 0 bridgehead atoms. The predicted octanol–water partition coefficient (Wildman–Crippen LogP) is 3.87. The predicted molar refractivity (Wildman–Crippen MR) is 93.4 cm³/mol. The second-order valence-electron chi connectivity index (χ2n) is 5.28. The van der Waals surface area contributed by atoms with Crippen molar-refractivity contribution in [2.24, 2.45) is 5.73 Å². The number of ether oxygens (including phenoxy) is 2. The van der Waals surface area contributed by atoms with Crippen molar-refractivity contribution in [2.75, 3.05) is 6.61 Å². The number of esters is 1. The number of benzene rings is 1. The summed E-state index contributed by atoms with van der Waals surface area (Å²) in [6.45, 7) is 3.97. The van der Waals surface area contributed by atoms with E-state index in [0.29, 0.717) is 17.8 Å². The Hall–Kier alpha value is -2.26. The lowest BCUT2D eigenvalue weighted by Crippen LogP contribution is -2.26. The Bertz CT molecular complexity index is 730. The third-order valence-corrected chi connectivity index (χ3v) is 4.20. The van der Waals surface area contributed by atoms with E-state index in [9.17, 15) is 10.1 Å². The van der Waals surface area contributed by atoms with Crippen LogP contribution in [-0.4, -0.2) is 12.6 Å². The molecule has 0 fully saturated rings. The smallest absolute Gasteiger partial charge is 0.338 e.